The van der Waals surface area contributed by atoms with Crippen LogP contribution in [0.3, 0.4) is 0 Å². The first kappa shape index (κ1) is 29.7. The van der Waals surface area contributed by atoms with Gasteiger partial charge in [0.2, 0.25) is 0 Å². The fraction of sp³-hybridized carbons (Fsp3) is 0.292. The van der Waals surface area contributed by atoms with Crippen molar-refractivity contribution >= 4 is 17.6 Å². The highest BCUT2D eigenvalue weighted by Crippen LogP contribution is 2.41. The minimum absolute atomic E-state index is 0.0746. The third-order valence-corrected chi connectivity index (χ3v) is 5.42. The molecule has 10 nitrogen and oxygen atoms in total. The Morgan fingerprint density at radius 3 is 2.36 bits per heavy atom. The van der Waals surface area contributed by atoms with Crippen molar-refractivity contribution in [2.24, 2.45) is 7.05 Å². The Hall–Kier alpha value is -3.88. The lowest BCUT2D eigenvalue weighted by atomic mass is 10.0. The smallest absolute Gasteiger partial charge is 0.432 e. The number of para-hydroxylation sites is 2. The van der Waals surface area contributed by atoms with Crippen molar-refractivity contribution in [3.63, 3.8) is 0 Å². The maximum atomic E-state index is 14.9. The van der Waals surface area contributed by atoms with Crippen LogP contribution in [0, 0.1) is 5.82 Å². The molecule has 0 aliphatic carbocycles. The highest BCUT2D eigenvalue weighted by molar-refractivity contribution is 6.32. The van der Waals surface area contributed by atoms with Gasteiger partial charge in [0.25, 0.3) is 11.8 Å². The first-order chi connectivity index (χ1) is 18.4. The molecule has 1 N–H and O–H groups in total. The van der Waals surface area contributed by atoms with Crippen molar-refractivity contribution in [1.29, 1.82) is 0 Å². The SMILES string of the molecule is COCCOC(=O)C(OC)Oc1ccccc1Oc1cc(-c2c(C(F)(F)F)n(C)c(=O)[nH]c2=O)c(F)cc1Cl. The van der Waals surface area contributed by atoms with Crippen molar-refractivity contribution in [3.05, 3.63) is 73.8 Å². The lowest BCUT2D eigenvalue weighted by Gasteiger charge is -2.19. The summed E-state index contributed by atoms with van der Waals surface area (Å²) in [7, 11) is 3.37. The van der Waals surface area contributed by atoms with Gasteiger partial charge in [0.15, 0.2) is 11.5 Å². The zero-order valence-corrected chi connectivity index (χ0v) is 21.3. The van der Waals surface area contributed by atoms with Crippen LogP contribution in [0.15, 0.2) is 46.0 Å². The second-order valence-electron chi connectivity index (χ2n) is 7.70. The molecule has 0 radical (unpaired) electrons. The Bertz CT molecular complexity index is 1470. The molecule has 3 aromatic rings. The van der Waals surface area contributed by atoms with Gasteiger partial charge >= 0.3 is 17.8 Å². The van der Waals surface area contributed by atoms with E-state index in [-0.39, 0.29) is 40.1 Å². The summed E-state index contributed by atoms with van der Waals surface area (Å²) in [6.45, 7) is 0.0521. The van der Waals surface area contributed by atoms with E-state index in [0.29, 0.717) is 6.07 Å². The Kier molecular flexibility index (Phi) is 9.37. The molecule has 1 aromatic heterocycles. The van der Waals surface area contributed by atoms with Crippen molar-refractivity contribution < 1.29 is 46.0 Å². The van der Waals surface area contributed by atoms with Crippen LogP contribution in [-0.4, -0.2) is 49.2 Å². The third-order valence-electron chi connectivity index (χ3n) is 5.13. The fourth-order valence-electron chi connectivity index (χ4n) is 3.35. The molecular weight excluding hydrogens is 556 g/mol. The van der Waals surface area contributed by atoms with E-state index in [4.69, 9.17) is 35.3 Å². The molecule has 39 heavy (non-hydrogen) atoms. The van der Waals surface area contributed by atoms with E-state index in [1.54, 1.807) is 4.98 Å². The summed E-state index contributed by atoms with van der Waals surface area (Å²) in [6.07, 6.45) is -6.73. The van der Waals surface area contributed by atoms with Gasteiger partial charge in [-0.2, -0.15) is 13.2 Å². The largest absolute Gasteiger partial charge is 0.459 e. The molecule has 0 spiro atoms. The maximum Gasteiger partial charge on any atom is 0.432 e. The lowest BCUT2D eigenvalue weighted by molar-refractivity contribution is -0.174. The van der Waals surface area contributed by atoms with Crippen LogP contribution >= 0.6 is 11.6 Å². The zero-order chi connectivity index (χ0) is 28.9. The Morgan fingerprint density at radius 1 is 1.08 bits per heavy atom. The maximum absolute atomic E-state index is 14.9. The van der Waals surface area contributed by atoms with Crippen LogP contribution in [-0.2, 0) is 32.2 Å². The number of carbonyl (C=O) groups is 1. The van der Waals surface area contributed by atoms with Gasteiger partial charge in [0.1, 0.15) is 23.9 Å². The number of nitrogens with zero attached hydrogens (tertiary/aromatic N) is 1. The van der Waals surface area contributed by atoms with Gasteiger partial charge in [0.05, 0.1) is 17.2 Å². The standard InChI is InChI=1S/C24H21ClF4N2O8/c1-31-19(24(27,28)29)18(20(32)30-23(31)34)12-10-17(13(25)11-14(12)26)38-15-6-4-5-7-16(15)39-22(36-3)21(33)37-9-8-35-2/h4-7,10-11,22H,8-9H2,1-3H3,(H,30,32,34). The van der Waals surface area contributed by atoms with E-state index < -0.39 is 52.3 Å². The number of carbonyl (C=O) groups excluding carboxylic acids is 1. The van der Waals surface area contributed by atoms with Crippen LogP contribution in [0.4, 0.5) is 17.6 Å². The van der Waals surface area contributed by atoms with E-state index in [1.807, 2.05) is 0 Å². The van der Waals surface area contributed by atoms with Crippen molar-refractivity contribution in [2.45, 2.75) is 12.5 Å². The Balaban J connectivity index is 2.05. The van der Waals surface area contributed by atoms with Gasteiger partial charge in [0, 0.05) is 26.8 Å². The predicted octanol–water partition coefficient (Wildman–Crippen LogP) is 3.89. The van der Waals surface area contributed by atoms with E-state index in [9.17, 15) is 31.9 Å². The molecule has 0 bridgehead atoms. The second-order valence-corrected chi connectivity index (χ2v) is 8.10. The summed E-state index contributed by atoms with van der Waals surface area (Å²) in [6, 6.07) is 7.16. The molecule has 210 valence electrons. The van der Waals surface area contributed by atoms with E-state index >= 15 is 0 Å². The molecular formula is C24H21ClF4N2O8. The van der Waals surface area contributed by atoms with Gasteiger partial charge in [-0.1, -0.05) is 23.7 Å². The summed E-state index contributed by atoms with van der Waals surface area (Å²) < 4.78 is 82.5. The Labute approximate surface area is 222 Å². The fourth-order valence-corrected chi connectivity index (χ4v) is 3.54. The molecule has 1 atom stereocenters. The molecule has 0 aliphatic rings. The number of rotatable bonds is 10. The van der Waals surface area contributed by atoms with Gasteiger partial charge in [-0.15, -0.1) is 0 Å². The van der Waals surface area contributed by atoms with Crippen LogP contribution in [0.2, 0.25) is 5.02 Å². The number of nitrogens with one attached hydrogen (secondary N) is 1. The van der Waals surface area contributed by atoms with Crippen molar-refractivity contribution in [3.8, 4) is 28.4 Å². The van der Waals surface area contributed by atoms with Gasteiger partial charge in [-0.3, -0.25) is 14.3 Å². The average Bonchev–Trinajstić information content (AvgIpc) is 2.86. The molecule has 0 saturated carbocycles. The second kappa shape index (κ2) is 12.3. The summed E-state index contributed by atoms with van der Waals surface area (Å²) in [5.74, 6) is -2.73. The molecule has 3 rings (SSSR count). The molecule has 0 amide bonds. The average molecular weight is 577 g/mol. The number of halogens is 5. The molecule has 1 unspecified atom stereocenters. The number of aromatic nitrogens is 2. The van der Waals surface area contributed by atoms with Crippen LogP contribution in [0.25, 0.3) is 11.1 Å². The summed E-state index contributed by atoms with van der Waals surface area (Å²) in [5, 5.41) is -0.372. The number of ether oxygens (including phenoxy) is 5. The normalized spacial score (nSPS) is 12.2. The Morgan fingerprint density at radius 2 is 1.74 bits per heavy atom. The van der Waals surface area contributed by atoms with Crippen molar-refractivity contribution in [1.82, 2.24) is 9.55 Å². The lowest BCUT2D eigenvalue weighted by Crippen LogP contribution is -2.35. The number of hydrogen-bond donors (Lipinski definition) is 1. The zero-order valence-electron chi connectivity index (χ0n) is 20.6. The topological polar surface area (TPSA) is 118 Å². The predicted molar refractivity (Wildman–Crippen MR) is 128 cm³/mol. The van der Waals surface area contributed by atoms with Crippen LogP contribution < -0.4 is 20.7 Å². The van der Waals surface area contributed by atoms with E-state index in [1.165, 1.54) is 38.5 Å². The first-order valence-electron chi connectivity index (χ1n) is 10.9. The number of hydrogen-bond acceptors (Lipinski definition) is 8. The number of H-pyrrole nitrogens is 1. The number of esters is 1. The summed E-state index contributed by atoms with van der Waals surface area (Å²) in [5.41, 5.74) is -6.50. The highest BCUT2D eigenvalue weighted by atomic mass is 35.5. The molecule has 15 heteroatoms. The van der Waals surface area contributed by atoms with Crippen LogP contribution in [0.5, 0.6) is 17.2 Å². The third kappa shape index (κ3) is 6.77. The number of alkyl halides is 3. The number of benzene rings is 2. The number of methoxy groups -OCH3 is 2. The summed E-state index contributed by atoms with van der Waals surface area (Å²) in [4.78, 5) is 38.2. The minimum Gasteiger partial charge on any atom is -0.459 e. The van der Waals surface area contributed by atoms with Gasteiger partial charge < -0.3 is 23.7 Å². The summed E-state index contributed by atoms with van der Waals surface area (Å²) >= 11 is 6.09. The molecule has 0 aliphatic heterocycles. The van der Waals surface area contributed by atoms with Crippen LogP contribution in [0.1, 0.15) is 5.69 Å². The van der Waals surface area contributed by atoms with Gasteiger partial charge in [-0.05, 0) is 24.3 Å². The van der Waals surface area contributed by atoms with E-state index in [2.05, 4.69) is 0 Å². The molecule has 2 aromatic carbocycles. The molecule has 0 saturated heterocycles. The monoisotopic (exact) mass is 576 g/mol. The first-order valence-corrected chi connectivity index (χ1v) is 11.3. The van der Waals surface area contributed by atoms with Gasteiger partial charge in [-0.25, -0.2) is 14.0 Å². The quantitative estimate of drug-likeness (QED) is 0.167. The number of aromatic amines is 1. The van der Waals surface area contributed by atoms with E-state index in [0.717, 1.165) is 13.1 Å². The highest BCUT2D eigenvalue weighted by Gasteiger charge is 2.39. The minimum atomic E-state index is -5.20. The molecule has 0 fully saturated rings. The van der Waals surface area contributed by atoms with Crippen molar-refractivity contribution in [2.75, 3.05) is 27.4 Å². The molecule has 1 heterocycles.